The number of nitrogens with one attached hydrogen (secondary N) is 1. The van der Waals surface area contributed by atoms with Gasteiger partial charge in [-0.2, -0.15) is 4.72 Å². The molecule has 1 rings (SSSR count). The number of sulfonamides is 1. The van der Waals surface area contributed by atoms with Gasteiger partial charge in [0.15, 0.2) is 0 Å². The predicted octanol–water partition coefficient (Wildman–Crippen LogP) is -0.581. The highest BCUT2D eigenvalue weighted by molar-refractivity contribution is 7.89. The molecule has 1 atom stereocenters. The third-order valence-corrected chi connectivity index (χ3v) is 3.82. The number of carbonyl (C=O) groups excluding carboxylic acids is 1. The number of nitrogens with two attached hydrogens (primary N) is 1. The van der Waals surface area contributed by atoms with Gasteiger partial charge in [-0.15, -0.1) is 0 Å². The monoisotopic (exact) mass is 272 g/mol. The Morgan fingerprint density at radius 3 is 2.61 bits per heavy atom. The van der Waals surface area contributed by atoms with E-state index < -0.39 is 16.1 Å². The van der Waals surface area contributed by atoms with Crippen LogP contribution in [-0.4, -0.2) is 44.3 Å². The summed E-state index contributed by atoms with van der Waals surface area (Å²) in [5.41, 5.74) is 5.49. The van der Waals surface area contributed by atoms with E-state index in [4.69, 9.17) is 5.73 Å². The lowest BCUT2D eigenvalue weighted by Crippen LogP contribution is -2.44. The van der Waals surface area contributed by atoms with Gasteiger partial charge < -0.3 is 10.6 Å². The van der Waals surface area contributed by atoms with Crippen molar-refractivity contribution < 1.29 is 13.2 Å². The van der Waals surface area contributed by atoms with Crippen LogP contribution in [0.25, 0.3) is 0 Å². The van der Waals surface area contributed by atoms with Crippen molar-refractivity contribution >= 4 is 21.7 Å². The molecule has 1 aromatic rings. The Labute approximate surface area is 106 Å². The lowest BCUT2D eigenvalue weighted by atomic mass is 10.3. The molecule has 0 fully saturated rings. The topological polar surface area (TPSA) is 105 Å². The molecule has 0 saturated carbocycles. The average Bonchev–Trinajstić information content (AvgIpc) is 2.27. The molecule has 0 bridgehead atoms. The number of anilines is 1. The van der Waals surface area contributed by atoms with Crippen LogP contribution in [0, 0.1) is 0 Å². The molecule has 1 amide bonds. The fourth-order valence-corrected chi connectivity index (χ4v) is 2.64. The molecular weight excluding hydrogens is 256 g/mol. The third kappa shape index (κ3) is 3.17. The number of pyridine rings is 1. The zero-order valence-corrected chi connectivity index (χ0v) is 11.2. The van der Waals surface area contributed by atoms with Gasteiger partial charge in [0.05, 0.1) is 6.04 Å². The molecule has 0 spiro atoms. The van der Waals surface area contributed by atoms with Gasteiger partial charge in [0.2, 0.25) is 15.9 Å². The van der Waals surface area contributed by atoms with Gasteiger partial charge in [-0.1, -0.05) is 0 Å². The van der Waals surface area contributed by atoms with E-state index in [9.17, 15) is 13.2 Å². The molecule has 1 unspecified atom stereocenters. The maximum Gasteiger partial charge on any atom is 0.244 e. The first kappa shape index (κ1) is 14.4. The summed E-state index contributed by atoms with van der Waals surface area (Å²) < 4.78 is 26.2. The van der Waals surface area contributed by atoms with Gasteiger partial charge >= 0.3 is 0 Å². The van der Waals surface area contributed by atoms with Crippen molar-refractivity contribution in [3.05, 3.63) is 18.3 Å². The van der Waals surface area contributed by atoms with E-state index in [0.29, 0.717) is 0 Å². The average molecular weight is 272 g/mol. The SMILES string of the molecule is CC(NS(=O)(=O)c1cccnc1N)C(=O)N(C)C. The second-order valence-corrected chi connectivity index (χ2v) is 5.64. The Morgan fingerprint density at radius 1 is 1.50 bits per heavy atom. The lowest BCUT2D eigenvalue weighted by Gasteiger charge is -2.18. The highest BCUT2D eigenvalue weighted by Crippen LogP contribution is 2.14. The largest absolute Gasteiger partial charge is 0.383 e. The van der Waals surface area contributed by atoms with E-state index in [0.717, 1.165) is 0 Å². The molecular formula is C10H16N4O3S. The lowest BCUT2D eigenvalue weighted by molar-refractivity contribution is -0.130. The van der Waals surface area contributed by atoms with Crippen LogP contribution in [0.3, 0.4) is 0 Å². The van der Waals surface area contributed by atoms with Gasteiger partial charge in [0.1, 0.15) is 10.7 Å². The summed E-state index contributed by atoms with van der Waals surface area (Å²) in [7, 11) is -0.759. The molecule has 1 heterocycles. The Bertz CT molecular complexity index is 542. The molecule has 0 aliphatic rings. The summed E-state index contributed by atoms with van der Waals surface area (Å²) in [4.78, 5) is 16.5. The van der Waals surface area contributed by atoms with Gasteiger partial charge in [-0.05, 0) is 19.1 Å². The van der Waals surface area contributed by atoms with Crippen molar-refractivity contribution in [3.63, 3.8) is 0 Å². The number of hydrogen-bond donors (Lipinski definition) is 2. The maximum absolute atomic E-state index is 12.0. The molecule has 0 radical (unpaired) electrons. The van der Waals surface area contributed by atoms with Crippen molar-refractivity contribution in [2.24, 2.45) is 0 Å². The molecule has 0 aromatic carbocycles. The van der Waals surface area contributed by atoms with Crippen molar-refractivity contribution in [2.75, 3.05) is 19.8 Å². The first-order valence-electron chi connectivity index (χ1n) is 5.19. The highest BCUT2D eigenvalue weighted by atomic mass is 32.2. The number of nitrogens with zero attached hydrogens (tertiary/aromatic N) is 2. The summed E-state index contributed by atoms with van der Waals surface area (Å²) >= 11 is 0. The summed E-state index contributed by atoms with van der Waals surface area (Å²) in [6.45, 7) is 1.46. The van der Waals surface area contributed by atoms with Crippen LogP contribution < -0.4 is 10.5 Å². The van der Waals surface area contributed by atoms with E-state index in [1.807, 2.05) is 0 Å². The van der Waals surface area contributed by atoms with Gasteiger partial charge in [-0.3, -0.25) is 4.79 Å². The van der Waals surface area contributed by atoms with E-state index in [1.165, 1.54) is 30.2 Å². The van der Waals surface area contributed by atoms with Crippen LogP contribution in [0.2, 0.25) is 0 Å². The number of aromatic nitrogens is 1. The first-order chi connectivity index (χ1) is 8.25. The smallest absolute Gasteiger partial charge is 0.244 e. The number of amides is 1. The molecule has 0 saturated heterocycles. The van der Waals surface area contributed by atoms with Crippen LogP contribution in [-0.2, 0) is 14.8 Å². The quantitative estimate of drug-likeness (QED) is 0.762. The fraction of sp³-hybridized carbons (Fsp3) is 0.400. The van der Waals surface area contributed by atoms with Crippen LogP contribution in [0.4, 0.5) is 5.82 Å². The van der Waals surface area contributed by atoms with Gasteiger partial charge in [0, 0.05) is 20.3 Å². The Morgan fingerprint density at radius 2 is 2.11 bits per heavy atom. The molecule has 3 N–H and O–H groups in total. The standard InChI is InChI=1S/C10H16N4O3S/c1-7(10(15)14(2)3)13-18(16,17)8-5-4-6-12-9(8)11/h4-7,13H,1-3H3,(H2,11,12). The molecule has 0 aliphatic heterocycles. The van der Waals surface area contributed by atoms with Crippen LogP contribution >= 0.6 is 0 Å². The van der Waals surface area contributed by atoms with E-state index in [2.05, 4.69) is 9.71 Å². The van der Waals surface area contributed by atoms with Crippen LogP contribution in [0.5, 0.6) is 0 Å². The highest BCUT2D eigenvalue weighted by Gasteiger charge is 2.24. The second-order valence-electron chi connectivity index (χ2n) is 3.96. The molecule has 1 aromatic heterocycles. The first-order valence-corrected chi connectivity index (χ1v) is 6.68. The van der Waals surface area contributed by atoms with Gasteiger partial charge in [-0.25, -0.2) is 13.4 Å². The molecule has 8 heteroatoms. The van der Waals surface area contributed by atoms with Gasteiger partial charge in [0.25, 0.3) is 0 Å². The minimum atomic E-state index is -3.85. The fourth-order valence-electron chi connectivity index (χ4n) is 1.36. The Kier molecular flexibility index (Phi) is 4.25. The maximum atomic E-state index is 12.0. The van der Waals surface area contributed by atoms with Crippen molar-refractivity contribution in [1.29, 1.82) is 0 Å². The number of likely N-dealkylation sites (N-methyl/N-ethyl adjacent to an activating group) is 1. The summed E-state index contributed by atoms with van der Waals surface area (Å²) in [6, 6.07) is 1.92. The minimum absolute atomic E-state index is 0.102. The van der Waals surface area contributed by atoms with Crippen molar-refractivity contribution in [3.8, 4) is 0 Å². The van der Waals surface area contributed by atoms with Crippen molar-refractivity contribution in [2.45, 2.75) is 17.9 Å². The van der Waals surface area contributed by atoms with E-state index in [-0.39, 0.29) is 16.6 Å². The summed E-state index contributed by atoms with van der Waals surface area (Å²) in [6.07, 6.45) is 1.39. The minimum Gasteiger partial charge on any atom is -0.383 e. The zero-order chi connectivity index (χ0) is 13.9. The second kappa shape index (κ2) is 5.32. The summed E-state index contributed by atoms with van der Waals surface area (Å²) in [5.74, 6) is -0.449. The number of rotatable bonds is 4. The molecule has 100 valence electrons. The molecule has 7 nitrogen and oxygen atoms in total. The number of hydrogen-bond acceptors (Lipinski definition) is 5. The normalized spacial score (nSPS) is 13.1. The predicted molar refractivity (Wildman–Crippen MR) is 67.1 cm³/mol. The Hall–Kier alpha value is -1.67. The van der Waals surface area contributed by atoms with E-state index in [1.54, 1.807) is 14.1 Å². The summed E-state index contributed by atoms with van der Waals surface area (Å²) in [5, 5.41) is 0. The molecule has 0 aliphatic carbocycles. The number of carbonyl (C=O) groups is 1. The van der Waals surface area contributed by atoms with Crippen LogP contribution in [0.1, 0.15) is 6.92 Å². The van der Waals surface area contributed by atoms with Crippen molar-refractivity contribution in [1.82, 2.24) is 14.6 Å². The van der Waals surface area contributed by atoms with Crippen LogP contribution in [0.15, 0.2) is 23.2 Å². The third-order valence-electron chi connectivity index (χ3n) is 2.23. The number of nitrogen functional groups attached to an aromatic ring is 1. The zero-order valence-electron chi connectivity index (χ0n) is 10.4. The van der Waals surface area contributed by atoms with E-state index >= 15 is 0 Å². The Balaban J connectivity index is 2.97. The molecule has 18 heavy (non-hydrogen) atoms.